The van der Waals surface area contributed by atoms with Gasteiger partial charge < -0.3 is 19.3 Å². The summed E-state index contributed by atoms with van der Waals surface area (Å²) in [6.07, 6.45) is 0. The second-order valence-corrected chi connectivity index (χ2v) is 6.75. The summed E-state index contributed by atoms with van der Waals surface area (Å²) in [5.74, 6) is 1.17. The van der Waals surface area contributed by atoms with Crippen LogP contribution in [-0.4, -0.2) is 61.0 Å². The molecule has 0 spiro atoms. The van der Waals surface area contributed by atoms with Crippen molar-refractivity contribution in [3.63, 3.8) is 0 Å². The molecule has 1 heterocycles. The lowest BCUT2D eigenvalue weighted by molar-refractivity contribution is -0.134. The summed E-state index contributed by atoms with van der Waals surface area (Å²) in [6, 6.07) is 14.2. The zero-order valence-corrected chi connectivity index (χ0v) is 16.5. The van der Waals surface area contributed by atoms with E-state index >= 15 is 0 Å². The topological polar surface area (TPSA) is 59.1 Å². The van der Waals surface area contributed by atoms with Crippen LogP contribution in [-0.2, 0) is 4.79 Å². The van der Waals surface area contributed by atoms with Crippen molar-refractivity contribution < 1.29 is 19.1 Å². The highest BCUT2D eigenvalue weighted by Gasteiger charge is 2.25. The number of piperazine rings is 1. The van der Waals surface area contributed by atoms with Crippen molar-refractivity contribution in [3.05, 3.63) is 59.1 Å². The monoisotopic (exact) mass is 402 g/mol. The second-order valence-electron chi connectivity index (χ2n) is 6.35. The molecule has 148 valence electrons. The summed E-state index contributed by atoms with van der Waals surface area (Å²) in [6.45, 7) is 4.38. The Morgan fingerprint density at radius 2 is 1.46 bits per heavy atom. The summed E-state index contributed by atoms with van der Waals surface area (Å²) in [5.41, 5.74) is 0.489. The predicted octanol–water partition coefficient (Wildman–Crippen LogP) is 3.10. The molecule has 3 rings (SSSR count). The Labute approximate surface area is 169 Å². The van der Waals surface area contributed by atoms with Crippen molar-refractivity contribution in [2.75, 3.05) is 39.4 Å². The molecule has 1 aliphatic heterocycles. The number of halogens is 1. The predicted molar refractivity (Wildman–Crippen MR) is 107 cm³/mol. The van der Waals surface area contributed by atoms with Gasteiger partial charge in [-0.25, -0.2) is 0 Å². The van der Waals surface area contributed by atoms with Crippen LogP contribution in [0.15, 0.2) is 48.5 Å². The molecule has 2 aromatic rings. The summed E-state index contributed by atoms with van der Waals surface area (Å²) < 4.78 is 10.9. The lowest BCUT2D eigenvalue weighted by Gasteiger charge is -2.34. The normalized spacial score (nSPS) is 13.9. The van der Waals surface area contributed by atoms with Gasteiger partial charge in [-0.15, -0.1) is 0 Å². The van der Waals surface area contributed by atoms with Gasteiger partial charge in [0, 0.05) is 26.2 Å². The number of benzene rings is 2. The Balaban J connectivity index is 1.47. The Morgan fingerprint density at radius 3 is 2.07 bits per heavy atom. The van der Waals surface area contributed by atoms with E-state index in [1.54, 1.807) is 46.2 Å². The van der Waals surface area contributed by atoms with E-state index in [1.807, 2.05) is 19.1 Å². The van der Waals surface area contributed by atoms with E-state index in [4.69, 9.17) is 21.1 Å². The third kappa shape index (κ3) is 4.95. The summed E-state index contributed by atoms with van der Waals surface area (Å²) in [5, 5.41) is 0.440. The van der Waals surface area contributed by atoms with Gasteiger partial charge in [-0.3, -0.25) is 9.59 Å². The average Bonchev–Trinajstić information content (AvgIpc) is 2.73. The van der Waals surface area contributed by atoms with Crippen LogP contribution >= 0.6 is 11.6 Å². The molecule has 0 aliphatic carbocycles. The zero-order chi connectivity index (χ0) is 19.9. The molecular formula is C21H23ClN2O4. The Hall–Kier alpha value is -2.73. The van der Waals surface area contributed by atoms with E-state index in [0.29, 0.717) is 49.1 Å². The van der Waals surface area contributed by atoms with E-state index in [2.05, 4.69) is 0 Å². The van der Waals surface area contributed by atoms with Gasteiger partial charge in [0.25, 0.3) is 11.8 Å². The van der Waals surface area contributed by atoms with Crippen molar-refractivity contribution in [2.45, 2.75) is 6.92 Å². The molecule has 2 amide bonds. The van der Waals surface area contributed by atoms with Crippen molar-refractivity contribution >= 4 is 23.4 Å². The first kappa shape index (κ1) is 20.0. The van der Waals surface area contributed by atoms with E-state index in [9.17, 15) is 9.59 Å². The van der Waals surface area contributed by atoms with Crippen LogP contribution in [0, 0.1) is 0 Å². The molecule has 7 heteroatoms. The molecule has 1 aliphatic rings. The SMILES string of the molecule is CCOc1ccc(OCC(=O)N2CCN(C(=O)c3ccccc3Cl)CC2)cc1. The number of carbonyl (C=O) groups is 2. The molecule has 2 aromatic carbocycles. The molecule has 0 saturated carbocycles. The number of rotatable bonds is 6. The number of hydrogen-bond acceptors (Lipinski definition) is 4. The van der Waals surface area contributed by atoms with Crippen LogP contribution in [0.25, 0.3) is 0 Å². The lowest BCUT2D eigenvalue weighted by Crippen LogP contribution is -2.51. The standard InChI is InChI=1S/C21H23ClN2O4/c1-2-27-16-7-9-17(10-8-16)28-15-20(25)23-11-13-24(14-12-23)21(26)18-5-3-4-6-19(18)22/h3-10H,2,11-15H2,1H3. The van der Waals surface area contributed by atoms with Crippen molar-refractivity contribution in [2.24, 2.45) is 0 Å². The second kappa shape index (κ2) is 9.46. The smallest absolute Gasteiger partial charge is 0.260 e. The first-order chi connectivity index (χ1) is 13.6. The number of ether oxygens (including phenoxy) is 2. The fraction of sp³-hybridized carbons (Fsp3) is 0.333. The van der Waals surface area contributed by atoms with Crippen molar-refractivity contribution in [1.82, 2.24) is 9.80 Å². The van der Waals surface area contributed by atoms with Crippen molar-refractivity contribution in [1.29, 1.82) is 0 Å². The maximum Gasteiger partial charge on any atom is 0.260 e. The minimum absolute atomic E-state index is 0.0353. The number of nitrogens with zero attached hydrogens (tertiary/aromatic N) is 2. The van der Waals surface area contributed by atoms with Gasteiger partial charge >= 0.3 is 0 Å². The van der Waals surface area contributed by atoms with Gasteiger partial charge in [0.2, 0.25) is 0 Å². The van der Waals surface area contributed by atoms with Gasteiger partial charge in [0.05, 0.1) is 17.2 Å². The van der Waals surface area contributed by atoms with Crippen LogP contribution in [0.3, 0.4) is 0 Å². The fourth-order valence-electron chi connectivity index (χ4n) is 3.00. The Kier molecular flexibility index (Phi) is 6.76. The molecule has 0 aromatic heterocycles. The molecule has 28 heavy (non-hydrogen) atoms. The molecule has 1 fully saturated rings. The molecule has 0 N–H and O–H groups in total. The highest BCUT2D eigenvalue weighted by Crippen LogP contribution is 2.19. The highest BCUT2D eigenvalue weighted by atomic mass is 35.5. The first-order valence-electron chi connectivity index (χ1n) is 9.25. The third-order valence-electron chi connectivity index (χ3n) is 4.52. The summed E-state index contributed by atoms with van der Waals surface area (Å²) in [4.78, 5) is 28.4. The minimum Gasteiger partial charge on any atom is -0.494 e. The molecule has 0 bridgehead atoms. The van der Waals surface area contributed by atoms with E-state index in [0.717, 1.165) is 5.75 Å². The van der Waals surface area contributed by atoms with Gasteiger partial charge in [0.15, 0.2) is 6.61 Å². The quantitative estimate of drug-likeness (QED) is 0.745. The van der Waals surface area contributed by atoms with Crippen LogP contribution in [0.2, 0.25) is 5.02 Å². The van der Waals surface area contributed by atoms with Gasteiger partial charge in [-0.05, 0) is 43.3 Å². The molecule has 0 unspecified atom stereocenters. The largest absolute Gasteiger partial charge is 0.494 e. The van der Waals surface area contributed by atoms with E-state index < -0.39 is 0 Å². The summed E-state index contributed by atoms with van der Waals surface area (Å²) in [7, 11) is 0. The number of amides is 2. The maximum absolute atomic E-state index is 12.6. The highest BCUT2D eigenvalue weighted by molar-refractivity contribution is 6.33. The van der Waals surface area contributed by atoms with E-state index in [-0.39, 0.29) is 18.4 Å². The molecule has 0 atom stereocenters. The van der Waals surface area contributed by atoms with Gasteiger partial charge in [0.1, 0.15) is 11.5 Å². The van der Waals surface area contributed by atoms with Gasteiger partial charge in [-0.1, -0.05) is 23.7 Å². The maximum atomic E-state index is 12.6. The minimum atomic E-state index is -0.108. The Morgan fingerprint density at radius 1 is 0.893 bits per heavy atom. The van der Waals surface area contributed by atoms with Crippen LogP contribution in [0.5, 0.6) is 11.5 Å². The molecule has 0 radical (unpaired) electrons. The molecule has 1 saturated heterocycles. The van der Waals surface area contributed by atoms with Crippen LogP contribution in [0.4, 0.5) is 0 Å². The lowest BCUT2D eigenvalue weighted by atomic mass is 10.2. The Bertz CT molecular complexity index is 817. The zero-order valence-electron chi connectivity index (χ0n) is 15.8. The average molecular weight is 403 g/mol. The van der Waals surface area contributed by atoms with Crippen molar-refractivity contribution in [3.8, 4) is 11.5 Å². The van der Waals surface area contributed by atoms with E-state index in [1.165, 1.54) is 0 Å². The van der Waals surface area contributed by atoms with Gasteiger partial charge in [-0.2, -0.15) is 0 Å². The number of hydrogen-bond donors (Lipinski definition) is 0. The summed E-state index contributed by atoms with van der Waals surface area (Å²) >= 11 is 6.11. The third-order valence-corrected chi connectivity index (χ3v) is 4.85. The first-order valence-corrected chi connectivity index (χ1v) is 9.63. The molecule has 6 nitrogen and oxygen atoms in total. The van der Waals surface area contributed by atoms with Crippen LogP contribution < -0.4 is 9.47 Å². The fourth-order valence-corrected chi connectivity index (χ4v) is 3.22. The number of carbonyl (C=O) groups excluding carboxylic acids is 2. The van der Waals surface area contributed by atoms with Crippen LogP contribution in [0.1, 0.15) is 17.3 Å². The molecular weight excluding hydrogens is 380 g/mol.